The van der Waals surface area contributed by atoms with E-state index in [0.717, 1.165) is 19.3 Å². The van der Waals surface area contributed by atoms with E-state index in [1.807, 2.05) is 0 Å². The van der Waals surface area contributed by atoms with Gasteiger partial charge in [-0.25, -0.2) is 0 Å². The number of aryl methyl sites for hydroxylation is 2. The van der Waals surface area contributed by atoms with Crippen molar-refractivity contribution >= 4 is 0 Å². The summed E-state index contributed by atoms with van der Waals surface area (Å²) in [5, 5.41) is 0. The molecular weight excluding hydrogens is 264 g/mol. The van der Waals surface area contributed by atoms with E-state index in [2.05, 4.69) is 74.5 Å². The molecule has 0 aromatic heterocycles. The number of rotatable bonds is 0. The van der Waals surface area contributed by atoms with Gasteiger partial charge in [0.1, 0.15) is 0 Å². The van der Waals surface area contributed by atoms with Gasteiger partial charge in [-0.3, -0.25) is 0 Å². The molecule has 0 N–H and O–H groups in total. The van der Waals surface area contributed by atoms with Crippen molar-refractivity contribution in [2.45, 2.75) is 38.5 Å². The highest BCUT2D eigenvalue weighted by Crippen LogP contribution is 2.52. The first-order valence-electron chi connectivity index (χ1n) is 8.26. The summed E-state index contributed by atoms with van der Waals surface area (Å²) in [4.78, 5) is 0. The molecule has 0 radical (unpaired) electrons. The maximum Gasteiger partial charge on any atom is 0.0428 e. The average Bonchev–Trinajstić information content (AvgIpc) is 2.73. The lowest BCUT2D eigenvalue weighted by Gasteiger charge is -2.29. The average molecular weight is 286 g/mol. The molecule has 0 saturated heterocycles. The van der Waals surface area contributed by atoms with Gasteiger partial charge in [0.05, 0.1) is 0 Å². The highest BCUT2D eigenvalue weighted by atomic mass is 14.4. The highest BCUT2D eigenvalue weighted by Gasteiger charge is 2.40. The molecule has 0 aliphatic heterocycles. The number of benzene rings is 2. The van der Waals surface area contributed by atoms with Crippen LogP contribution in [0.1, 0.15) is 41.5 Å². The topological polar surface area (TPSA) is 0 Å². The SMILES string of the molecule is Cc1ccc2c(c1)C1(/C=C\CC/C=C\C1)c1cc(C)ccc1-2. The molecule has 110 valence electrons. The summed E-state index contributed by atoms with van der Waals surface area (Å²) in [6.07, 6.45) is 12.9. The van der Waals surface area contributed by atoms with Gasteiger partial charge in [0.25, 0.3) is 0 Å². The normalized spacial score (nSPS) is 20.8. The van der Waals surface area contributed by atoms with Crippen LogP contribution in [0.2, 0.25) is 0 Å². The van der Waals surface area contributed by atoms with E-state index in [4.69, 9.17) is 0 Å². The van der Waals surface area contributed by atoms with Gasteiger partial charge in [0, 0.05) is 5.41 Å². The zero-order valence-corrected chi connectivity index (χ0v) is 13.4. The molecule has 0 atom stereocenters. The van der Waals surface area contributed by atoms with Gasteiger partial charge in [-0.05, 0) is 55.4 Å². The minimum absolute atomic E-state index is 0.0274. The smallest absolute Gasteiger partial charge is 0.0428 e. The van der Waals surface area contributed by atoms with Crippen LogP contribution in [-0.4, -0.2) is 0 Å². The Morgan fingerprint density at radius 2 is 1.32 bits per heavy atom. The lowest BCUT2D eigenvalue weighted by molar-refractivity contribution is 0.661. The van der Waals surface area contributed by atoms with E-state index < -0.39 is 0 Å². The quantitative estimate of drug-likeness (QED) is 0.532. The van der Waals surface area contributed by atoms with Crippen molar-refractivity contribution in [2.75, 3.05) is 0 Å². The number of allylic oxidation sites excluding steroid dienone is 4. The molecule has 0 amide bonds. The molecule has 0 fully saturated rings. The van der Waals surface area contributed by atoms with E-state index in [9.17, 15) is 0 Å². The van der Waals surface area contributed by atoms with Crippen molar-refractivity contribution < 1.29 is 0 Å². The molecule has 2 aromatic rings. The molecule has 0 nitrogen and oxygen atoms in total. The maximum absolute atomic E-state index is 2.47. The van der Waals surface area contributed by atoms with Crippen LogP contribution in [-0.2, 0) is 5.41 Å². The number of hydrogen-bond donors (Lipinski definition) is 0. The van der Waals surface area contributed by atoms with Crippen LogP contribution in [0.15, 0.2) is 60.7 Å². The van der Waals surface area contributed by atoms with Crippen molar-refractivity contribution in [3.63, 3.8) is 0 Å². The fourth-order valence-electron chi connectivity index (χ4n) is 4.00. The minimum Gasteiger partial charge on any atom is -0.0882 e. The van der Waals surface area contributed by atoms with Crippen molar-refractivity contribution in [1.82, 2.24) is 0 Å². The van der Waals surface area contributed by atoms with E-state index in [-0.39, 0.29) is 5.41 Å². The molecule has 0 unspecified atom stereocenters. The van der Waals surface area contributed by atoms with E-state index in [0.29, 0.717) is 0 Å². The van der Waals surface area contributed by atoms with E-state index in [1.54, 1.807) is 0 Å². The summed E-state index contributed by atoms with van der Waals surface area (Å²) in [7, 11) is 0. The zero-order chi connectivity index (χ0) is 15.2. The first-order chi connectivity index (χ1) is 10.7. The van der Waals surface area contributed by atoms with Crippen molar-refractivity contribution in [3.05, 3.63) is 83.0 Å². The Kier molecular flexibility index (Phi) is 3.07. The first-order valence-corrected chi connectivity index (χ1v) is 8.26. The summed E-state index contributed by atoms with van der Waals surface area (Å²) in [5.41, 5.74) is 8.52. The molecule has 22 heavy (non-hydrogen) atoms. The Morgan fingerprint density at radius 3 is 1.95 bits per heavy atom. The third-order valence-electron chi connectivity index (χ3n) is 5.11. The minimum atomic E-state index is 0.0274. The molecular formula is C22H22. The molecule has 2 aromatic carbocycles. The standard InChI is InChI=1S/C22H22/c1-16-8-10-18-19-11-9-17(2)15-21(19)22(20(18)14-16)12-6-4-3-5-7-13-22/h4,6-11,13-15H,3,5,12H2,1-2H3/b6-4-,13-7-. The summed E-state index contributed by atoms with van der Waals surface area (Å²) >= 11 is 0. The van der Waals surface area contributed by atoms with Crippen LogP contribution in [0.4, 0.5) is 0 Å². The molecule has 1 spiro atoms. The Morgan fingerprint density at radius 1 is 0.727 bits per heavy atom. The van der Waals surface area contributed by atoms with Crippen LogP contribution in [0, 0.1) is 13.8 Å². The first kappa shape index (κ1) is 13.6. The second-order valence-electron chi connectivity index (χ2n) is 6.72. The molecule has 2 aliphatic rings. The van der Waals surface area contributed by atoms with Crippen molar-refractivity contribution in [2.24, 2.45) is 0 Å². The van der Waals surface area contributed by atoms with Gasteiger partial charge < -0.3 is 0 Å². The molecule has 0 heteroatoms. The van der Waals surface area contributed by atoms with Gasteiger partial charge in [-0.2, -0.15) is 0 Å². The number of hydrogen-bond acceptors (Lipinski definition) is 0. The monoisotopic (exact) mass is 286 g/mol. The second-order valence-corrected chi connectivity index (χ2v) is 6.72. The summed E-state index contributed by atoms with van der Waals surface area (Å²) < 4.78 is 0. The fourth-order valence-corrected chi connectivity index (χ4v) is 4.00. The predicted octanol–water partition coefficient (Wildman–Crippen LogP) is 5.87. The Balaban J connectivity index is 2.05. The van der Waals surface area contributed by atoms with Crippen LogP contribution in [0.3, 0.4) is 0 Å². The molecule has 0 bridgehead atoms. The third-order valence-corrected chi connectivity index (χ3v) is 5.11. The molecule has 0 heterocycles. The lowest BCUT2D eigenvalue weighted by atomic mass is 9.73. The fraction of sp³-hybridized carbons (Fsp3) is 0.273. The van der Waals surface area contributed by atoms with Gasteiger partial charge in [-0.15, -0.1) is 0 Å². The maximum atomic E-state index is 2.47. The van der Waals surface area contributed by atoms with E-state index in [1.165, 1.54) is 33.4 Å². The Hall–Kier alpha value is -2.08. The molecule has 0 saturated carbocycles. The van der Waals surface area contributed by atoms with E-state index >= 15 is 0 Å². The summed E-state index contributed by atoms with van der Waals surface area (Å²) in [5.74, 6) is 0. The molecule has 2 aliphatic carbocycles. The Labute approximate surface area is 133 Å². The van der Waals surface area contributed by atoms with Crippen LogP contribution >= 0.6 is 0 Å². The predicted molar refractivity (Wildman–Crippen MR) is 94.3 cm³/mol. The van der Waals surface area contributed by atoms with Crippen LogP contribution in [0.5, 0.6) is 0 Å². The number of fused-ring (bicyclic) bond motifs is 5. The zero-order valence-electron chi connectivity index (χ0n) is 13.4. The summed E-state index contributed by atoms with van der Waals surface area (Å²) in [6.45, 7) is 4.40. The van der Waals surface area contributed by atoms with Crippen LogP contribution in [0.25, 0.3) is 11.1 Å². The van der Waals surface area contributed by atoms with Crippen LogP contribution < -0.4 is 0 Å². The van der Waals surface area contributed by atoms with Crippen molar-refractivity contribution in [1.29, 1.82) is 0 Å². The van der Waals surface area contributed by atoms with Gasteiger partial charge in [-0.1, -0.05) is 71.8 Å². The Bertz CT molecular complexity index is 738. The van der Waals surface area contributed by atoms with Gasteiger partial charge in [0.2, 0.25) is 0 Å². The van der Waals surface area contributed by atoms with Gasteiger partial charge >= 0.3 is 0 Å². The van der Waals surface area contributed by atoms with Gasteiger partial charge in [0.15, 0.2) is 0 Å². The lowest BCUT2D eigenvalue weighted by Crippen LogP contribution is -2.22. The molecule has 4 rings (SSSR count). The largest absolute Gasteiger partial charge is 0.0882 e. The highest BCUT2D eigenvalue weighted by molar-refractivity contribution is 5.83. The van der Waals surface area contributed by atoms with Crippen molar-refractivity contribution in [3.8, 4) is 11.1 Å². The summed E-state index contributed by atoms with van der Waals surface area (Å²) in [6, 6.07) is 13.9. The third kappa shape index (κ3) is 1.90. The second kappa shape index (κ2) is 4.98.